The van der Waals surface area contributed by atoms with Crippen molar-refractivity contribution in [3.05, 3.63) is 82.4 Å². The van der Waals surface area contributed by atoms with E-state index < -0.39 is 17.4 Å². The Labute approximate surface area is 180 Å². The van der Waals surface area contributed by atoms with E-state index in [2.05, 4.69) is 5.32 Å². The maximum Gasteiger partial charge on any atom is 0.230 e. The smallest absolute Gasteiger partial charge is 0.230 e. The van der Waals surface area contributed by atoms with Crippen LogP contribution in [-0.2, 0) is 27.4 Å². The van der Waals surface area contributed by atoms with Gasteiger partial charge in [0.05, 0.1) is 24.5 Å². The summed E-state index contributed by atoms with van der Waals surface area (Å²) >= 11 is 6.29. The molecule has 2 bridgehead atoms. The minimum atomic E-state index is -0.713. The maximum absolute atomic E-state index is 13.3. The van der Waals surface area contributed by atoms with E-state index in [4.69, 9.17) is 16.3 Å². The molecule has 2 aromatic rings. The quantitative estimate of drug-likeness (QED) is 0.752. The van der Waals surface area contributed by atoms with Gasteiger partial charge >= 0.3 is 0 Å². The number of carbonyl (C=O) groups is 2. The minimum absolute atomic E-state index is 0.0442. The second-order valence-electron chi connectivity index (χ2n) is 8.39. The molecule has 0 aliphatic carbocycles. The fourth-order valence-electron chi connectivity index (χ4n) is 4.86. The van der Waals surface area contributed by atoms with E-state index in [1.54, 1.807) is 4.90 Å². The van der Waals surface area contributed by atoms with Crippen LogP contribution in [0.3, 0.4) is 0 Å². The Morgan fingerprint density at radius 2 is 2.00 bits per heavy atom. The largest absolute Gasteiger partial charge is 0.360 e. The lowest BCUT2D eigenvalue weighted by molar-refractivity contribution is -0.137. The molecule has 2 fully saturated rings. The van der Waals surface area contributed by atoms with Crippen molar-refractivity contribution in [2.24, 2.45) is 11.8 Å². The number of hydrogen-bond acceptors (Lipinski definition) is 3. The number of likely N-dealkylation sites (tertiary alicyclic amines) is 1. The molecule has 0 unspecified atom stereocenters. The van der Waals surface area contributed by atoms with Crippen LogP contribution in [0.2, 0.25) is 5.02 Å². The van der Waals surface area contributed by atoms with Crippen LogP contribution in [0.15, 0.2) is 60.7 Å². The Morgan fingerprint density at radius 3 is 2.77 bits per heavy atom. The third kappa shape index (κ3) is 3.13. The predicted octanol–water partition coefficient (Wildman–Crippen LogP) is 3.25. The summed E-state index contributed by atoms with van der Waals surface area (Å²) < 4.78 is 6.19. The van der Waals surface area contributed by atoms with E-state index in [-0.39, 0.29) is 17.9 Å². The summed E-state index contributed by atoms with van der Waals surface area (Å²) in [5, 5.41) is 3.64. The molecule has 1 N–H and O–H groups in total. The predicted molar refractivity (Wildman–Crippen MR) is 114 cm³/mol. The van der Waals surface area contributed by atoms with Gasteiger partial charge in [0.25, 0.3) is 0 Å². The Balaban J connectivity index is 1.32. The van der Waals surface area contributed by atoms with Gasteiger partial charge in [0.15, 0.2) is 0 Å². The molecule has 3 aliphatic heterocycles. The summed E-state index contributed by atoms with van der Waals surface area (Å²) in [4.78, 5) is 28.1. The SMILES string of the molecule is Cc1ccc(CNC(=O)[C@@H]2[C@@H]3C=C[C@@]4(CN(Cc5ccccc5Cl)C(=O)[C@H]24)O3)cc1. The summed E-state index contributed by atoms with van der Waals surface area (Å²) in [6.45, 7) is 3.32. The lowest BCUT2D eigenvalue weighted by Crippen LogP contribution is -2.43. The Morgan fingerprint density at radius 1 is 1.23 bits per heavy atom. The zero-order chi connectivity index (χ0) is 20.9. The highest BCUT2D eigenvalue weighted by Gasteiger charge is 2.66. The number of ether oxygens (including phenoxy) is 1. The summed E-state index contributed by atoms with van der Waals surface area (Å²) in [5.41, 5.74) is 2.38. The standard InChI is InChI=1S/C24H23ClN2O3/c1-15-6-8-16(9-7-15)12-26-22(28)20-19-10-11-24(30-19)14-27(23(29)21(20)24)13-17-4-2-3-5-18(17)25/h2-11,19-21H,12-14H2,1H3,(H,26,28)/t19-,20+,21-,24-/m0/s1. The van der Waals surface area contributed by atoms with Crippen LogP contribution in [-0.4, -0.2) is 35.0 Å². The molecule has 2 saturated heterocycles. The zero-order valence-electron chi connectivity index (χ0n) is 16.7. The molecule has 0 aromatic heterocycles. The Hall–Kier alpha value is -2.63. The first-order chi connectivity index (χ1) is 14.5. The van der Waals surface area contributed by atoms with Crippen molar-refractivity contribution in [1.29, 1.82) is 0 Å². The van der Waals surface area contributed by atoms with Crippen LogP contribution in [0.1, 0.15) is 16.7 Å². The van der Waals surface area contributed by atoms with Crippen LogP contribution in [0.4, 0.5) is 0 Å². The van der Waals surface area contributed by atoms with Gasteiger partial charge in [0.2, 0.25) is 11.8 Å². The summed E-state index contributed by atoms with van der Waals surface area (Å²) in [7, 11) is 0. The number of nitrogens with zero attached hydrogens (tertiary/aromatic N) is 1. The number of hydrogen-bond donors (Lipinski definition) is 1. The average molecular weight is 423 g/mol. The number of nitrogens with one attached hydrogen (secondary N) is 1. The van der Waals surface area contributed by atoms with Crippen molar-refractivity contribution >= 4 is 23.4 Å². The third-order valence-electron chi connectivity index (χ3n) is 6.39. The van der Waals surface area contributed by atoms with Gasteiger partial charge in [-0.2, -0.15) is 0 Å². The first-order valence-corrected chi connectivity index (χ1v) is 10.6. The lowest BCUT2D eigenvalue weighted by Gasteiger charge is -2.23. The van der Waals surface area contributed by atoms with Crippen molar-refractivity contribution in [3.8, 4) is 0 Å². The van der Waals surface area contributed by atoms with Gasteiger partial charge in [0, 0.05) is 18.1 Å². The first-order valence-electron chi connectivity index (χ1n) is 10.2. The monoisotopic (exact) mass is 422 g/mol. The normalized spacial score (nSPS) is 28.8. The fraction of sp³-hybridized carbons (Fsp3) is 0.333. The molecule has 6 heteroatoms. The molecule has 2 aromatic carbocycles. The first kappa shape index (κ1) is 19.3. The molecule has 3 aliphatic rings. The van der Waals surface area contributed by atoms with Gasteiger partial charge in [-0.05, 0) is 24.1 Å². The van der Waals surface area contributed by atoms with Crippen molar-refractivity contribution < 1.29 is 14.3 Å². The topological polar surface area (TPSA) is 58.6 Å². The van der Waals surface area contributed by atoms with Gasteiger partial charge in [-0.25, -0.2) is 0 Å². The summed E-state index contributed by atoms with van der Waals surface area (Å²) in [6.07, 6.45) is 3.55. The van der Waals surface area contributed by atoms with E-state index in [1.165, 1.54) is 5.56 Å². The molecule has 2 amide bonds. The van der Waals surface area contributed by atoms with E-state index in [0.29, 0.717) is 24.7 Å². The highest BCUT2D eigenvalue weighted by Crippen LogP contribution is 2.52. The second-order valence-corrected chi connectivity index (χ2v) is 8.80. The van der Waals surface area contributed by atoms with E-state index in [0.717, 1.165) is 11.1 Å². The fourth-order valence-corrected chi connectivity index (χ4v) is 5.05. The highest BCUT2D eigenvalue weighted by atomic mass is 35.5. The molecule has 3 heterocycles. The van der Waals surface area contributed by atoms with Crippen LogP contribution >= 0.6 is 11.6 Å². The molecule has 1 spiro atoms. The lowest BCUT2D eigenvalue weighted by atomic mass is 9.77. The molecule has 5 nitrogen and oxygen atoms in total. The van der Waals surface area contributed by atoms with Crippen LogP contribution in [0.5, 0.6) is 0 Å². The maximum atomic E-state index is 13.3. The molecule has 5 rings (SSSR count). The van der Waals surface area contributed by atoms with E-state index in [1.807, 2.05) is 67.6 Å². The van der Waals surface area contributed by atoms with Crippen LogP contribution in [0.25, 0.3) is 0 Å². The van der Waals surface area contributed by atoms with Crippen molar-refractivity contribution in [2.75, 3.05) is 6.54 Å². The Kier molecular flexibility index (Phi) is 4.68. The van der Waals surface area contributed by atoms with Crippen molar-refractivity contribution in [1.82, 2.24) is 10.2 Å². The van der Waals surface area contributed by atoms with Gasteiger partial charge in [-0.15, -0.1) is 0 Å². The zero-order valence-corrected chi connectivity index (χ0v) is 17.4. The number of benzene rings is 2. The number of halogens is 1. The number of carbonyl (C=O) groups excluding carboxylic acids is 2. The molecule has 154 valence electrons. The van der Waals surface area contributed by atoms with E-state index in [9.17, 15) is 9.59 Å². The summed E-state index contributed by atoms with van der Waals surface area (Å²) in [6, 6.07) is 15.6. The molecule has 0 radical (unpaired) electrons. The number of fused-ring (bicyclic) bond motifs is 1. The van der Waals surface area contributed by atoms with Crippen LogP contribution in [0, 0.1) is 18.8 Å². The van der Waals surface area contributed by atoms with Crippen molar-refractivity contribution in [2.45, 2.75) is 31.7 Å². The van der Waals surface area contributed by atoms with Gasteiger partial charge in [-0.3, -0.25) is 9.59 Å². The van der Waals surface area contributed by atoms with Crippen LogP contribution < -0.4 is 5.32 Å². The molecular formula is C24H23ClN2O3. The second kappa shape index (κ2) is 7.25. The number of rotatable bonds is 5. The Bertz CT molecular complexity index is 1040. The van der Waals surface area contributed by atoms with Crippen molar-refractivity contribution in [3.63, 3.8) is 0 Å². The third-order valence-corrected chi connectivity index (χ3v) is 6.76. The van der Waals surface area contributed by atoms with Gasteiger partial charge < -0.3 is 15.0 Å². The highest BCUT2D eigenvalue weighted by molar-refractivity contribution is 6.31. The molecule has 4 atom stereocenters. The van der Waals surface area contributed by atoms with Gasteiger partial charge in [-0.1, -0.05) is 71.8 Å². The average Bonchev–Trinajstić information content (AvgIpc) is 3.37. The number of aryl methyl sites for hydroxylation is 1. The molecule has 0 saturated carbocycles. The van der Waals surface area contributed by atoms with E-state index >= 15 is 0 Å². The number of amides is 2. The van der Waals surface area contributed by atoms with Gasteiger partial charge in [0.1, 0.15) is 5.60 Å². The minimum Gasteiger partial charge on any atom is -0.360 e. The molecule has 30 heavy (non-hydrogen) atoms. The summed E-state index contributed by atoms with van der Waals surface area (Å²) in [5.74, 6) is -1.18. The molecular weight excluding hydrogens is 400 g/mol.